The molecule has 3 aliphatic rings. The van der Waals surface area contributed by atoms with Gasteiger partial charge in [0.2, 0.25) is 0 Å². The minimum absolute atomic E-state index is 0.0794. The molecule has 1 N–H and O–H groups in total. The summed E-state index contributed by atoms with van der Waals surface area (Å²) in [6.07, 6.45) is 0.184. The Balaban J connectivity index is 1.37. The molecule has 1 aromatic carbocycles. The number of carbonyl (C=O) groups is 2. The topological polar surface area (TPSA) is 73.7 Å². The zero-order valence-electron chi connectivity index (χ0n) is 17.3. The monoisotopic (exact) mass is 443 g/mol. The number of amides is 1. The van der Waals surface area contributed by atoms with E-state index in [0.29, 0.717) is 42.9 Å². The third-order valence-electron chi connectivity index (χ3n) is 6.86. The van der Waals surface area contributed by atoms with Crippen LogP contribution < -0.4 is 4.90 Å². The molecule has 1 aromatic heterocycles. The summed E-state index contributed by atoms with van der Waals surface area (Å²) in [6, 6.07) is 8.33. The molecule has 0 unspecified atom stereocenters. The van der Waals surface area contributed by atoms with Gasteiger partial charge in [-0.3, -0.25) is 9.59 Å². The van der Waals surface area contributed by atoms with E-state index in [0.717, 1.165) is 11.4 Å². The number of likely N-dealkylation sites (tertiary alicyclic amines) is 1. The Labute approximate surface area is 184 Å². The van der Waals surface area contributed by atoms with Gasteiger partial charge in [0.15, 0.2) is 0 Å². The fourth-order valence-corrected chi connectivity index (χ4v) is 5.32. The molecule has 0 spiro atoms. The van der Waals surface area contributed by atoms with Crippen molar-refractivity contribution in [2.75, 3.05) is 24.5 Å². The van der Waals surface area contributed by atoms with E-state index >= 15 is 0 Å². The Hall–Kier alpha value is -2.67. The van der Waals surface area contributed by atoms with Crippen molar-refractivity contribution < 1.29 is 19.1 Å². The Bertz CT molecular complexity index is 1090. The zero-order valence-corrected chi connectivity index (χ0v) is 18.1. The Morgan fingerprint density at radius 3 is 2.58 bits per heavy atom. The number of pyridine rings is 1. The van der Waals surface area contributed by atoms with E-state index in [4.69, 9.17) is 21.7 Å². The number of aromatic nitrogens is 1. The second-order valence-corrected chi connectivity index (χ2v) is 9.84. The van der Waals surface area contributed by atoms with Gasteiger partial charge in [-0.25, -0.2) is 9.37 Å². The number of anilines is 2. The predicted molar refractivity (Wildman–Crippen MR) is 114 cm³/mol. The van der Waals surface area contributed by atoms with Crippen LogP contribution in [0.4, 0.5) is 15.8 Å². The highest BCUT2D eigenvalue weighted by Gasteiger charge is 2.57. The predicted octanol–water partition coefficient (Wildman–Crippen LogP) is 4.10. The van der Waals surface area contributed by atoms with Gasteiger partial charge in [-0.2, -0.15) is 0 Å². The number of hydrogen-bond donors (Lipinski definition) is 1. The number of piperidine rings is 1. The Morgan fingerprint density at radius 1 is 1.23 bits per heavy atom. The third-order valence-corrected chi connectivity index (χ3v) is 7.17. The molecule has 3 atom stereocenters. The normalized spacial score (nSPS) is 25.4. The molecule has 0 bridgehead atoms. The molecular weight excluding hydrogens is 421 g/mol. The number of halogens is 2. The van der Waals surface area contributed by atoms with Crippen LogP contribution in [0.25, 0.3) is 0 Å². The first-order valence-electron chi connectivity index (χ1n) is 10.4. The highest BCUT2D eigenvalue weighted by atomic mass is 35.5. The minimum atomic E-state index is -0.773. The molecule has 1 aliphatic carbocycles. The van der Waals surface area contributed by atoms with Crippen LogP contribution in [0.5, 0.6) is 0 Å². The van der Waals surface area contributed by atoms with Gasteiger partial charge < -0.3 is 14.9 Å². The van der Waals surface area contributed by atoms with Gasteiger partial charge in [0.05, 0.1) is 16.4 Å². The standard InChI is InChI=1S/C23H23ClFN3O3/c1-23(2)11-28(12-3-4-16(24)17(25)7-12)19-6-5-18(26-21(19)23)22(31)27-9-14-13(8-20(29)30)15(14)10-27/h3-7,13-15H,8-11H2,1-2H3,(H,29,30)/t13-,14-,15+. The quantitative estimate of drug-likeness (QED) is 0.770. The molecule has 6 nitrogen and oxygen atoms in total. The maximum Gasteiger partial charge on any atom is 0.303 e. The van der Waals surface area contributed by atoms with Gasteiger partial charge in [0.25, 0.3) is 5.91 Å². The highest BCUT2D eigenvalue weighted by molar-refractivity contribution is 6.30. The van der Waals surface area contributed by atoms with E-state index in [1.54, 1.807) is 23.1 Å². The molecule has 2 fully saturated rings. The van der Waals surface area contributed by atoms with Crippen LogP contribution >= 0.6 is 11.6 Å². The molecule has 2 aromatic rings. The molecule has 2 aliphatic heterocycles. The number of benzene rings is 1. The maximum absolute atomic E-state index is 14.0. The van der Waals surface area contributed by atoms with E-state index in [9.17, 15) is 14.0 Å². The smallest absolute Gasteiger partial charge is 0.303 e. The number of carboxylic acid groups (broad SMARTS) is 1. The molecule has 5 rings (SSSR count). The lowest BCUT2D eigenvalue weighted by Gasteiger charge is -2.22. The summed E-state index contributed by atoms with van der Waals surface area (Å²) in [7, 11) is 0. The van der Waals surface area contributed by atoms with E-state index in [1.807, 2.05) is 11.0 Å². The largest absolute Gasteiger partial charge is 0.481 e. The summed E-state index contributed by atoms with van der Waals surface area (Å²) >= 11 is 5.83. The van der Waals surface area contributed by atoms with Crippen molar-refractivity contribution >= 4 is 34.9 Å². The van der Waals surface area contributed by atoms with Crippen molar-refractivity contribution in [3.8, 4) is 0 Å². The molecule has 1 amide bonds. The molecule has 0 radical (unpaired) electrons. The van der Waals surface area contributed by atoms with Crippen molar-refractivity contribution in [2.45, 2.75) is 25.7 Å². The number of aliphatic carboxylic acids is 1. The van der Waals surface area contributed by atoms with Crippen LogP contribution in [0, 0.1) is 23.6 Å². The van der Waals surface area contributed by atoms with E-state index in [2.05, 4.69) is 13.8 Å². The molecule has 31 heavy (non-hydrogen) atoms. The van der Waals surface area contributed by atoms with Crippen LogP contribution in [-0.4, -0.2) is 46.5 Å². The first kappa shape index (κ1) is 20.2. The fraction of sp³-hybridized carbons (Fsp3) is 0.435. The van der Waals surface area contributed by atoms with Crippen molar-refractivity contribution in [3.63, 3.8) is 0 Å². The summed E-state index contributed by atoms with van der Waals surface area (Å²) < 4.78 is 14.0. The summed E-state index contributed by atoms with van der Waals surface area (Å²) in [5.74, 6) is -0.580. The lowest BCUT2D eigenvalue weighted by atomic mass is 9.91. The number of rotatable bonds is 4. The van der Waals surface area contributed by atoms with Crippen molar-refractivity contribution in [1.82, 2.24) is 9.88 Å². The zero-order chi connectivity index (χ0) is 22.1. The Morgan fingerprint density at radius 2 is 1.94 bits per heavy atom. The number of carboxylic acids is 1. The van der Waals surface area contributed by atoms with Crippen LogP contribution in [0.3, 0.4) is 0 Å². The SMILES string of the molecule is CC1(C)CN(c2ccc(Cl)c(F)c2)c2ccc(C(=O)N3C[C@@H]4[C@@H](CC(=O)O)[C@@H]4C3)nc21. The molecule has 3 heterocycles. The molecule has 1 saturated carbocycles. The van der Waals surface area contributed by atoms with Gasteiger partial charge >= 0.3 is 5.97 Å². The van der Waals surface area contributed by atoms with E-state index in [1.165, 1.54) is 6.07 Å². The summed E-state index contributed by atoms with van der Waals surface area (Å²) in [5, 5.41) is 9.06. The summed E-state index contributed by atoms with van der Waals surface area (Å²) in [6.45, 7) is 5.92. The summed E-state index contributed by atoms with van der Waals surface area (Å²) in [4.78, 5) is 32.5. The molecule has 8 heteroatoms. The van der Waals surface area contributed by atoms with Gasteiger partial charge in [-0.15, -0.1) is 0 Å². The second-order valence-electron chi connectivity index (χ2n) is 9.43. The first-order chi connectivity index (χ1) is 14.7. The lowest BCUT2D eigenvalue weighted by molar-refractivity contribution is -0.137. The van der Waals surface area contributed by atoms with E-state index < -0.39 is 11.8 Å². The minimum Gasteiger partial charge on any atom is -0.481 e. The van der Waals surface area contributed by atoms with Crippen LogP contribution in [0.15, 0.2) is 30.3 Å². The number of carbonyl (C=O) groups excluding carboxylic acids is 1. The van der Waals surface area contributed by atoms with Gasteiger partial charge in [-0.1, -0.05) is 25.4 Å². The van der Waals surface area contributed by atoms with E-state index in [-0.39, 0.29) is 28.7 Å². The fourth-order valence-electron chi connectivity index (χ4n) is 5.21. The second kappa shape index (κ2) is 6.92. The van der Waals surface area contributed by atoms with Crippen LogP contribution in [-0.2, 0) is 10.2 Å². The third kappa shape index (κ3) is 3.35. The number of fused-ring (bicyclic) bond motifs is 2. The Kier molecular flexibility index (Phi) is 4.52. The average molecular weight is 444 g/mol. The van der Waals surface area contributed by atoms with Gasteiger partial charge in [-0.05, 0) is 48.1 Å². The van der Waals surface area contributed by atoms with Gasteiger partial charge in [0, 0.05) is 37.2 Å². The highest BCUT2D eigenvalue weighted by Crippen LogP contribution is 2.53. The van der Waals surface area contributed by atoms with Gasteiger partial charge in [0.1, 0.15) is 11.5 Å². The maximum atomic E-state index is 14.0. The number of nitrogens with zero attached hydrogens (tertiary/aromatic N) is 3. The number of hydrogen-bond acceptors (Lipinski definition) is 4. The molecule has 162 valence electrons. The van der Waals surface area contributed by atoms with Crippen LogP contribution in [0.2, 0.25) is 5.02 Å². The lowest BCUT2D eigenvalue weighted by Crippen LogP contribution is -2.33. The average Bonchev–Trinajstić information content (AvgIpc) is 3.06. The molecular formula is C23H23ClFN3O3. The molecule has 1 saturated heterocycles. The van der Waals surface area contributed by atoms with Crippen molar-refractivity contribution in [2.24, 2.45) is 17.8 Å². The van der Waals surface area contributed by atoms with Crippen molar-refractivity contribution in [3.05, 3.63) is 52.6 Å². The van der Waals surface area contributed by atoms with Crippen molar-refractivity contribution in [1.29, 1.82) is 0 Å². The first-order valence-corrected chi connectivity index (χ1v) is 10.8. The summed E-state index contributed by atoms with van der Waals surface area (Å²) in [5.41, 5.74) is 2.43. The van der Waals surface area contributed by atoms with Crippen LogP contribution in [0.1, 0.15) is 36.5 Å².